The van der Waals surface area contributed by atoms with E-state index in [-0.39, 0.29) is 18.6 Å². The summed E-state index contributed by atoms with van der Waals surface area (Å²) in [5.41, 5.74) is 1.02. The average Bonchev–Trinajstić information content (AvgIpc) is 2.53. The van der Waals surface area contributed by atoms with E-state index >= 15 is 0 Å². The molecule has 0 bridgehead atoms. The summed E-state index contributed by atoms with van der Waals surface area (Å²) in [5.74, 6) is 1.19. The molecule has 1 aromatic rings. The molecule has 2 saturated heterocycles. The number of hydrogen-bond donors (Lipinski definition) is 2. The first-order valence-corrected chi connectivity index (χ1v) is 7.75. The maximum absolute atomic E-state index is 9.91. The fraction of sp³-hybridized carbons (Fsp3) is 0.688. The lowest BCUT2D eigenvalue weighted by Crippen LogP contribution is -2.54. The molecule has 0 amide bonds. The maximum Gasteiger partial charge on any atom is 0.213 e. The van der Waals surface area contributed by atoms with Gasteiger partial charge in [-0.25, -0.2) is 4.98 Å². The third-order valence-electron chi connectivity index (χ3n) is 4.90. The van der Waals surface area contributed by atoms with Crippen LogP contribution in [0.3, 0.4) is 0 Å². The molecular formula is C16H24N2O3. The van der Waals surface area contributed by atoms with Crippen molar-refractivity contribution in [3.63, 3.8) is 0 Å². The highest BCUT2D eigenvalue weighted by atomic mass is 16.5. The predicted octanol–water partition coefficient (Wildman–Crippen LogP) is 1.01. The molecule has 21 heavy (non-hydrogen) atoms. The summed E-state index contributed by atoms with van der Waals surface area (Å²) in [6.45, 7) is 1.82. The topological polar surface area (TPSA) is 65.8 Å². The van der Waals surface area contributed by atoms with Crippen molar-refractivity contribution >= 4 is 0 Å². The zero-order valence-electron chi connectivity index (χ0n) is 12.5. The first-order chi connectivity index (χ1) is 10.2. The van der Waals surface area contributed by atoms with E-state index < -0.39 is 0 Å². The molecule has 3 rings (SSSR count). The van der Waals surface area contributed by atoms with Gasteiger partial charge in [0, 0.05) is 43.4 Å². The van der Waals surface area contributed by atoms with E-state index in [4.69, 9.17) is 4.74 Å². The molecular weight excluding hydrogens is 268 g/mol. The van der Waals surface area contributed by atoms with Crippen LogP contribution in [0.1, 0.15) is 30.9 Å². The summed E-state index contributed by atoms with van der Waals surface area (Å²) in [6.07, 6.45) is 2.54. The lowest BCUT2D eigenvalue weighted by atomic mass is 9.78. The molecule has 5 nitrogen and oxygen atoms in total. The third-order valence-corrected chi connectivity index (χ3v) is 4.90. The molecule has 2 fully saturated rings. The van der Waals surface area contributed by atoms with Crippen molar-refractivity contribution in [3.8, 4) is 5.88 Å². The van der Waals surface area contributed by atoms with Crippen LogP contribution in [0.4, 0.5) is 0 Å². The van der Waals surface area contributed by atoms with Crippen LogP contribution >= 0.6 is 0 Å². The van der Waals surface area contributed by atoms with Gasteiger partial charge in [0.25, 0.3) is 0 Å². The van der Waals surface area contributed by atoms with Gasteiger partial charge in [-0.3, -0.25) is 4.90 Å². The van der Waals surface area contributed by atoms with Crippen molar-refractivity contribution < 1.29 is 14.9 Å². The van der Waals surface area contributed by atoms with Crippen LogP contribution < -0.4 is 4.74 Å². The monoisotopic (exact) mass is 292 g/mol. The second-order valence-corrected chi connectivity index (χ2v) is 6.23. The molecule has 4 atom stereocenters. The SMILES string of the molecule is COc1cccc(C2CC(CO)C3CCC(O)CN3C2)n1. The zero-order chi connectivity index (χ0) is 14.8. The van der Waals surface area contributed by atoms with Crippen LogP contribution in [0, 0.1) is 5.92 Å². The number of ether oxygens (including phenoxy) is 1. The minimum atomic E-state index is -0.238. The van der Waals surface area contributed by atoms with E-state index in [9.17, 15) is 10.2 Å². The van der Waals surface area contributed by atoms with Crippen molar-refractivity contribution in [2.45, 2.75) is 37.3 Å². The van der Waals surface area contributed by atoms with Crippen LogP contribution in [-0.4, -0.2) is 59.0 Å². The van der Waals surface area contributed by atoms with E-state index in [1.54, 1.807) is 7.11 Å². The fourth-order valence-corrected chi connectivity index (χ4v) is 3.85. The Balaban J connectivity index is 1.80. The molecule has 0 saturated carbocycles. The largest absolute Gasteiger partial charge is 0.481 e. The lowest BCUT2D eigenvalue weighted by Gasteiger charge is -2.47. The van der Waals surface area contributed by atoms with Crippen LogP contribution in [0.2, 0.25) is 0 Å². The molecule has 5 heteroatoms. The number of piperidine rings is 2. The zero-order valence-corrected chi connectivity index (χ0v) is 12.5. The Labute approximate surface area is 125 Å². The quantitative estimate of drug-likeness (QED) is 0.870. The van der Waals surface area contributed by atoms with Gasteiger partial charge in [-0.1, -0.05) is 6.07 Å². The van der Waals surface area contributed by atoms with Crippen molar-refractivity contribution in [2.75, 3.05) is 26.8 Å². The minimum Gasteiger partial charge on any atom is -0.481 e. The van der Waals surface area contributed by atoms with E-state index in [2.05, 4.69) is 9.88 Å². The van der Waals surface area contributed by atoms with Gasteiger partial charge < -0.3 is 14.9 Å². The van der Waals surface area contributed by atoms with Crippen molar-refractivity contribution in [1.82, 2.24) is 9.88 Å². The van der Waals surface area contributed by atoms with Gasteiger partial charge in [-0.15, -0.1) is 0 Å². The van der Waals surface area contributed by atoms with E-state index in [0.717, 1.165) is 31.5 Å². The van der Waals surface area contributed by atoms with Crippen molar-refractivity contribution in [2.24, 2.45) is 5.92 Å². The highest BCUT2D eigenvalue weighted by molar-refractivity contribution is 5.20. The third kappa shape index (κ3) is 3.05. The van der Waals surface area contributed by atoms with Gasteiger partial charge in [-0.05, 0) is 31.2 Å². The molecule has 2 aliphatic rings. The number of aliphatic hydroxyl groups excluding tert-OH is 2. The summed E-state index contributed by atoms with van der Waals surface area (Å²) in [4.78, 5) is 6.88. The van der Waals surface area contributed by atoms with Crippen LogP contribution in [0.5, 0.6) is 5.88 Å². The number of aliphatic hydroxyl groups is 2. The van der Waals surface area contributed by atoms with Gasteiger partial charge in [0.05, 0.1) is 13.2 Å². The molecule has 0 spiro atoms. The maximum atomic E-state index is 9.91. The highest BCUT2D eigenvalue weighted by Crippen LogP contribution is 2.37. The number of hydrogen-bond acceptors (Lipinski definition) is 5. The van der Waals surface area contributed by atoms with E-state index in [0.29, 0.717) is 24.4 Å². The summed E-state index contributed by atoms with van der Waals surface area (Å²) >= 11 is 0. The predicted molar refractivity (Wildman–Crippen MR) is 79.3 cm³/mol. The summed E-state index contributed by atoms with van der Waals surface area (Å²) in [7, 11) is 1.63. The number of pyridine rings is 1. The Morgan fingerprint density at radius 1 is 1.33 bits per heavy atom. The first kappa shape index (κ1) is 14.8. The van der Waals surface area contributed by atoms with Crippen LogP contribution in [0.25, 0.3) is 0 Å². The van der Waals surface area contributed by atoms with Gasteiger partial charge in [0.15, 0.2) is 0 Å². The number of rotatable bonds is 3. The van der Waals surface area contributed by atoms with Gasteiger partial charge >= 0.3 is 0 Å². The molecule has 116 valence electrons. The van der Waals surface area contributed by atoms with Crippen molar-refractivity contribution in [3.05, 3.63) is 23.9 Å². The summed E-state index contributed by atoms with van der Waals surface area (Å²) < 4.78 is 5.21. The van der Waals surface area contributed by atoms with Crippen LogP contribution in [-0.2, 0) is 0 Å². The summed E-state index contributed by atoms with van der Waals surface area (Å²) in [5, 5.41) is 19.6. The Hall–Kier alpha value is -1.17. The lowest BCUT2D eigenvalue weighted by molar-refractivity contribution is -0.0284. The molecule has 0 aromatic carbocycles. The Kier molecular flexibility index (Phi) is 4.42. The number of fused-ring (bicyclic) bond motifs is 1. The van der Waals surface area contributed by atoms with Crippen LogP contribution in [0.15, 0.2) is 18.2 Å². The Bertz CT molecular complexity index is 482. The molecule has 1 aromatic heterocycles. The molecule has 0 radical (unpaired) electrons. The highest BCUT2D eigenvalue weighted by Gasteiger charge is 2.39. The number of aromatic nitrogens is 1. The summed E-state index contributed by atoms with van der Waals surface area (Å²) in [6, 6.07) is 6.25. The van der Waals surface area contributed by atoms with Gasteiger partial charge in [-0.2, -0.15) is 0 Å². The number of methoxy groups -OCH3 is 1. The smallest absolute Gasteiger partial charge is 0.213 e. The molecule has 3 heterocycles. The fourth-order valence-electron chi connectivity index (χ4n) is 3.85. The van der Waals surface area contributed by atoms with E-state index in [1.165, 1.54) is 0 Å². The van der Waals surface area contributed by atoms with Crippen molar-refractivity contribution in [1.29, 1.82) is 0 Å². The average molecular weight is 292 g/mol. The van der Waals surface area contributed by atoms with Gasteiger partial charge in [0.1, 0.15) is 0 Å². The standard InChI is InChI=1S/C16H24N2O3/c1-21-16-4-2-3-14(17-16)11-7-12(10-19)15-6-5-13(20)9-18(15)8-11/h2-4,11-13,15,19-20H,5-10H2,1H3. The second kappa shape index (κ2) is 6.30. The minimum absolute atomic E-state index is 0.206. The molecule has 2 N–H and O–H groups in total. The first-order valence-electron chi connectivity index (χ1n) is 7.75. The molecule has 2 aliphatic heterocycles. The van der Waals surface area contributed by atoms with E-state index in [1.807, 2.05) is 18.2 Å². The molecule has 0 aliphatic carbocycles. The normalized spacial score (nSPS) is 33.5. The Morgan fingerprint density at radius 2 is 2.19 bits per heavy atom. The second-order valence-electron chi connectivity index (χ2n) is 6.23. The van der Waals surface area contributed by atoms with Gasteiger partial charge in [0.2, 0.25) is 5.88 Å². The Morgan fingerprint density at radius 3 is 2.95 bits per heavy atom. The number of nitrogens with zero attached hydrogens (tertiary/aromatic N) is 2. The molecule has 4 unspecified atom stereocenters.